The number of hydrogen-bond acceptors (Lipinski definition) is 5. The summed E-state index contributed by atoms with van der Waals surface area (Å²) < 4.78 is 15.3. The van der Waals surface area contributed by atoms with Gasteiger partial charge in [-0.2, -0.15) is 0 Å². The van der Waals surface area contributed by atoms with E-state index in [2.05, 4.69) is 27.2 Å². The molecule has 2 aliphatic heterocycles. The first kappa shape index (κ1) is 24.4. The molecule has 1 aromatic carbocycles. The molecule has 2 saturated heterocycles. The number of fused-ring (bicyclic) bond motifs is 1. The topological polar surface area (TPSA) is 82.8 Å². The Morgan fingerprint density at radius 2 is 1.89 bits per heavy atom. The second-order valence-corrected chi connectivity index (χ2v) is 10.7. The maximum atomic E-state index is 13.6. The molecule has 0 bridgehead atoms. The Kier molecular flexibility index (Phi) is 6.51. The van der Waals surface area contributed by atoms with Crippen molar-refractivity contribution in [2.75, 3.05) is 33.2 Å². The van der Waals surface area contributed by atoms with Gasteiger partial charge >= 0.3 is 0 Å². The number of piperidine rings is 1. The molecular formula is C27H33FN6O2. The zero-order valence-electron chi connectivity index (χ0n) is 21.0. The molecule has 0 saturated carbocycles. The van der Waals surface area contributed by atoms with Gasteiger partial charge in [0.15, 0.2) is 5.65 Å². The van der Waals surface area contributed by atoms with Gasteiger partial charge in [-0.25, -0.2) is 9.37 Å². The fourth-order valence-electron chi connectivity index (χ4n) is 5.93. The van der Waals surface area contributed by atoms with E-state index in [-0.39, 0.29) is 34.7 Å². The van der Waals surface area contributed by atoms with Crippen molar-refractivity contribution in [2.24, 2.45) is 11.3 Å². The Morgan fingerprint density at radius 3 is 2.56 bits per heavy atom. The van der Waals surface area contributed by atoms with Crippen LogP contribution >= 0.6 is 0 Å². The van der Waals surface area contributed by atoms with Gasteiger partial charge in [-0.3, -0.25) is 14.6 Å². The monoisotopic (exact) mass is 492 g/mol. The van der Waals surface area contributed by atoms with Crippen molar-refractivity contribution in [2.45, 2.75) is 38.6 Å². The number of halogens is 1. The number of likely N-dealkylation sites (tertiary alicyclic amines) is 2. The van der Waals surface area contributed by atoms with E-state index in [4.69, 9.17) is 0 Å². The van der Waals surface area contributed by atoms with Crippen LogP contribution < -0.4 is 5.32 Å². The van der Waals surface area contributed by atoms with Crippen molar-refractivity contribution in [3.63, 3.8) is 0 Å². The second-order valence-electron chi connectivity index (χ2n) is 10.7. The van der Waals surface area contributed by atoms with Crippen molar-refractivity contribution in [1.29, 1.82) is 0 Å². The molecule has 1 spiro atoms. The molecule has 2 aliphatic rings. The number of amides is 2. The summed E-state index contributed by atoms with van der Waals surface area (Å²) in [5.74, 6) is -0.399. The third-order valence-corrected chi connectivity index (χ3v) is 7.88. The summed E-state index contributed by atoms with van der Waals surface area (Å²) in [6.07, 6.45) is 8.35. The number of rotatable bonds is 5. The van der Waals surface area contributed by atoms with Crippen molar-refractivity contribution in [3.8, 4) is 0 Å². The largest absolute Gasteiger partial charge is 0.341 e. The van der Waals surface area contributed by atoms with Crippen LogP contribution in [-0.2, 0) is 4.79 Å². The van der Waals surface area contributed by atoms with Gasteiger partial charge in [-0.05, 0) is 48.9 Å². The third kappa shape index (κ3) is 4.59. The molecule has 8 nitrogen and oxygen atoms in total. The van der Waals surface area contributed by atoms with Gasteiger partial charge in [0.2, 0.25) is 5.91 Å². The molecule has 9 heteroatoms. The average Bonchev–Trinajstić information content (AvgIpc) is 3.44. The number of benzene rings is 1. The summed E-state index contributed by atoms with van der Waals surface area (Å²) in [6, 6.07) is 6.25. The van der Waals surface area contributed by atoms with Gasteiger partial charge in [0.1, 0.15) is 17.6 Å². The minimum atomic E-state index is -0.631. The average molecular weight is 493 g/mol. The summed E-state index contributed by atoms with van der Waals surface area (Å²) in [4.78, 5) is 39.1. The number of carbonyl (C=O) groups excluding carboxylic acids is 2. The van der Waals surface area contributed by atoms with Crippen LogP contribution in [0.15, 0.2) is 49.1 Å². The van der Waals surface area contributed by atoms with Crippen LogP contribution in [0.2, 0.25) is 0 Å². The summed E-state index contributed by atoms with van der Waals surface area (Å²) in [5.41, 5.74) is 2.06. The fourth-order valence-corrected chi connectivity index (χ4v) is 5.93. The van der Waals surface area contributed by atoms with Gasteiger partial charge in [0.25, 0.3) is 5.91 Å². The highest BCUT2D eigenvalue weighted by Gasteiger charge is 2.48. The molecular weight excluding hydrogens is 459 g/mol. The Morgan fingerprint density at radius 1 is 1.17 bits per heavy atom. The quantitative estimate of drug-likeness (QED) is 0.592. The van der Waals surface area contributed by atoms with Crippen LogP contribution in [0.25, 0.3) is 5.65 Å². The van der Waals surface area contributed by atoms with Gasteiger partial charge < -0.3 is 19.5 Å². The lowest BCUT2D eigenvalue weighted by atomic mass is 9.68. The zero-order valence-corrected chi connectivity index (χ0v) is 21.0. The third-order valence-electron chi connectivity index (χ3n) is 7.88. The molecule has 0 aliphatic carbocycles. The lowest BCUT2D eigenvalue weighted by Gasteiger charge is -2.44. The van der Waals surface area contributed by atoms with Crippen molar-refractivity contribution >= 4 is 17.5 Å². The summed E-state index contributed by atoms with van der Waals surface area (Å²) in [7, 11) is 2.13. The Bertz CT molecular complexity index is 1220. The van der Waals surface area contributed by atoms with Gasteiger partial charge in [-0.15, -0.1) is 0 Å². The first-order valence-electron chi connectivity index (χ1n) is 12.6. The molecule has 5 rings (SSSR count). The molecule has 190 valence electrons. The van der Waals surface area contributed by atoms with E-state index in [0.717, 1.165) is 31.5 Å². The van der Waals surface area contributed by atoms with E-state index in [1.54, 1.807) is 29.2 Å². The van der Waals surface area contributed by atoms with Crippen LogP contribution in [0.4, 0.5) is 4.39 Å². The van der Waals surface area contributed by atoms with Crippen molar-refractivity contribution in [1.82, 2.24) is 29.5 Å². The second kappa shape index (κ2) is 9.61. The normalized spacial score (nSPS) is 20.8. The van der Waals surface area contributed by atoms with E-state index in [0.29, 0.717) is 24.7 Å². The molecule has 0 radical (unpaired) electrons. The maximum Gasteiger partial charge on any atom is 0.272 e. The number of nitrogens with zero attached hydrogens (tertiary/aromatic N) is 5. The molecule has 2 fully saturated rings. The standard InChI is InChI=1S/C27H33FN6O2/c1-18(2)24(31-25(35)22-16-34-13-10-29-14-23(34)30-22)26(36)33-11-8-27(9-12-33)17-32(3)15-21(27)19-4-6-20(28)7-5-19/h4-7,10,13-14,16,18,21,24H,8-9,11-12,15,17H2,1-3H3,(H,31,35)/t21?,24-/m1/s1. The number of nitrogens with one attached hydrogen (secondary N) is 1. The fraction of sp³-hybridized carbons (Fsp3) is 0.481. The van der Waals surface area contributed by atoms with Crippen LogP contribution in [0.3, 0.4) is 0 Å². The number of imidazole rings is 1. The molecule has 36 heavy (non-hydrogen) atoms. The molecule has 2 aromatic heterocycles. The van der Waals surface area contributed by atoms with Crippen LogP contribution in [-0.4, -0.2) is 75.3 Å². The van der Waals surface area contributed by atoms with Crippen molar-refractivity contribution < 1.29 is 14.0 Å². The van der Waals surface area contributed by atoms with Crippen LogP contribution in [0.1, 0.15) is 48.7 Å². The minimum absolute atomic E-state index is 0.0525. The smallest absolute Gasteiger partial charge is 0.272 e. The highest BCUT2D eigenvalue weighted by molar-refractivity contribution is 5.96. The first-order valence-corrected chi connectivity index (χ1v) is 12.6. The SMILES string of the molecule is CC(C)[C@@H](NC(=O)c1cn2ccncc2n1)C(=O)N1CCC2(CC1)CN(C)CC2c1ccc(F)cc1. The molecule has 3 aromatic rings. The zero-order chi connectivity index (χ0) is 25.4. The predicted molar refractivity (Wildman–Crippen MR) is 134 cm³/mol. The van der Waals surface area contributed by atoms with E-state index < -0.39 is 6.04 Å². The lowest BCUT2D eigenvalue weighted by molar-refractivity contribution is -0.136. The molecule has 2 atom stereocenters. The maximum absolute atomic E-state index is 13.6. The Hall–Kier alpha value is -3.33. The van der Waals surface area contributed by atoms with E-state index in [1.165, 1.54) is 12.1 Å². The van der Waals surface area contributed by atoms with E-state index >= 15 is 0 Å². The van der Waals surface area contributed by atoms with E-state index in [9.17, 15) is 14.0 Å². The Labute approximate surface area is 210 Å². The summed E-state index contributed by atoms with van der Waals surface area (Å²) in [5, 5.41) is 2.93. The minimum Gasteiger partial charge on any atom is -0.341 e. The number of carbonyl (C=O) groups is 2. The van der Waals surface area contributed by atoms with Crippen LogP contribution in [0.5, 0.6) is 0 Å². The highest BCUT2D eigenvalue weighted by atomic mass is 19.1. The highest BCUT2D eigenvalue weighted by Crippen LogP contribution is 2.49. The van der Waals surface area contributed by atoms with Crippen molar-refractivity contribution in [3.05, 3.63) is 66.1 Å². The summed E-state index contributed by atoms with van der Waals surface area (Å²) >= 11 is 0. The van der Waals surface area contributed by atoms with Gasteiger partial charge in [-0.1, -0.05) is 26.0 Å². The lowest BCUT2D eigenvalue weighted by Crippen LogP contribution is -2.54. The molecule has 1 unspecified atom stereocenters. The Balaban J connectivity index is 1.27. The van der Waals surface area contributed by atoms with Crippen LogP contribution in [0, 0.1) is 17.2 Å². The van der Waals surface area contributed by atoms with Gasteiger partial charge in [0.05, 0.1) is 6.20 Å². The molecule has 4 heterocycles. The van der Waals surface area contributed by atoms with E-state index in [1.807, 2.05) is 30.9 Å². The first-order chi connectivity index (χ1) is 17.3. The summed E-state index contributed by atoms with van der Waals surface area (Å²) in [6.45, 7) is 7.06. The number of likely N-dealkylation sites (N-methyl/N-ethyl adjacent to an activating group) is 1. The number of hydrogen-bond donors (Lipinski definition) is 1. The molecule has 2 amide bonds. The predicted octanol–water partition coefficient (Wildman–Crippen LogP) is 2.96. The number of aromatic nitrogens is 3. The molecule has 1 N–H and O–H groups in total. The van der Waals surface area contributed by atoms with Gasteiger partial charge in [0, 0.05) is 50.7 Å².